The second-order valence-electron chi connectivity index (χ2n) is 11.2. The highest BCUT2D eigenvalue weighted by atomic mass is 32.2. The first kappa shape index (κ1) is 30.0. The molecule has 5 rings (SSSR count). The summed E-state index contributed by atoms with van der Waals surface area (Å²) in [5.74, 6) is 0.500. The van der Waals surface area contributed by atoms with Crippen LogP contribution in [0.2, 0.25) is 0 Å². The smallest absolute Gasteiger partial charge is 0.213 e. The molecule has 1 aliphatic heterocycles. The Balaban J connectivity index is 1.38. The maximum atomic E-state index is 13.4. The van der Waals surface area contributed by atoms with Crippen LogP contribution < -0.4 is 9.46 Å². The SMILES string of the molecule is CC(C)(C)[S@+]([O-])NC(Cc1cccc(OCCOC2CCCCO2)n1)c1ccccc1-c1noc2cc(C#N)ccc12. The molecule has 0 bridgehead atoms. The van der Waals surface area contributed by atoms with E-state index >= 15 is 0 Å². The molecule has 3 atom stereocenters. The standard InChI is InChI=1S/C32H36N4O5S/c1-32(2,3)42(37)36-27(20-23-9-8-12-29(34-23)38-17-18-40-30-13-6-7-16-39-30)24-10-4-5-11-25(24)31-26-15-14-22(21-33)19-28(26)41-35-31/h4-5,8-12,14-15,19,27,30,36H,6-7,13,16-18,20H2,1-3H3/t27?,30?,42-/m0/s1. The second-order valence-corrected chi connectivity index (χ2v) is 13.2. The van der Waals surface area contributed by atoms with Crippen molar-refractivity contribution in [3.05, 3.63) is 77.5 Å². The fourth-order valence-corrected chi connectivity index (χ4v) is 5.59. The predicted molar refractivity (Wildman–Crippen MR) is 161 cm³/mol. The van der Waals surface area contributed by atoms with E-state index in [9.17, 15) is 9.81 Å². The number of ether oxygens (including phenoxy) is 3. The zero-order chi connectivity index (χ0) is 29.5. The van der Waals surface area contributed by atoms with E-state index in [0.717, 1.165) is 48.1 Å². The fourth-order valence-electron chi connectivity index (χ4n) is 4.77. The quantitative estimate of drug-likeness (QED) is 0.165. The second kappa shape index (κ2) is 13.7. The average Bonchev–Trinajstić information content (AvgIpc) is 3.42. The van der Waals surface area contributed by atoms with Gasteiger partial charge in [0.2, 0.25) is 5.88 Å². The van der Waals surface area contributed by atoms with Crippen LogP contribution in [0.4, 0.5) is 0 Å². The molecule has 10 heteroatoms. The third-order valence-electron chi connectivity index (χ3n) is 6.97. The molecule has 1 saturated heterocycles. The molecule has 1 N–H and O–H groups in total. The van der Waals surface area contributed by atoms with Gasteiger partial charge in [-0.05, 0) is 63.8 Å². The van der Waals surface area contributed by atoms with Gasteiger partial charge in [0.05, 0.1) is 24.3 Å². The van der Waals surface area contributed by atoms with E-state index in [2.05, 4.69) is 15.9 Å². The molecule has 220 valence electrons. The fraction of sp³-hybridized carbons (Fsp3) is 0.406. The molecule has 0 radical (unpaired) electrons. The largest absolute Gasteiger partial charge is 0.598 e. The van der Waals surface area contributed by atoms with Crippen molar-refractivity contribution in [2.24, 2.45) is 0 Å². The van der Waals surface area contributed by atoms with Gasteiger partial charge in [0.1, 0.15) is 17.0 Å². The molecule has 0 saturated carbocycles. The molecular weight excluding hydrogens is 552 g/mol. The van der Waals surface area contributed by atoms with E-state index < -0.39 is 16.1 Å². The third kappa shape index (κ3) is 7.48. The minimum atomic E-state index is -1.36. The lowest BCUT2D eigenvalue weighted by Gasteiger charge is -2.29. The minimum absolute atomic E-state index is 0.160. The highest BCUT2D eigenvalue weighted by Crippen LogP contribution is 2.35. The van der Waals surface area contributed by atoms with Crippen molar-refractivity contribution in [1.29, 1.82) is 5.26 Å². The van der Waals surface area contributed by atoms with Gasteiger partial charge in [-0.25, -0.2) is 4.98 Å². The van der Waals surface area contributed by atoms with Gasteiger partial charge in [0.15, 0.2) is 11.9 Å². The van der Waals surface area contributed by atoms with E-state index in [0.29, 0.717) is 42.4 Å². The van der Waals surface area contributed by atoms with Crippen molar-refractivity contribution in [1.82, 2.24) is 14.9 Å². The lowest BCUT2D eigenvalue weighted by molar-refractivity contribution is -0.165. The lowest BCUT2D eigenvalue weighted by Crippen LogP contribution is -2.42. The topological polar surface area (TPSA) is 125 Å². The lowest BCUT2D eigenvalue weighted by atomic mass is 9.94. The molecule has 0 amide bonds. The summed E-state index contributed by atoms with van der Waals surface area (Å²) in [6, 6.07) is 20.6. The summed E-state index contributed by atoms with van der Waals surface area (Å²) < 4.78 is 39.1. The molecular formula is C32H36N4O5S. The van der Waals surface area contributed by atoms with Crippen LogP contribution in [0, 0.1) is 11.3 Å². The van der Waals surface area contributed by atoms with Gasteiger partial charge in [-0.3, -0.25) is 0 Å². The molecule has 2 unspecified atom stereocenters. The molecule has 0 aliphatic carbocycles. The number of nitrogens with one attached hydrogen (secondary N) is 1. The summed E-state index contributed by atoms with van der Waals surface area (Å²) in [6.07, 6.45) is 3.39. The van der Waals surface area contributed by atoms with E-state index in [1.807, 2.05) is 69.3 Å². The molecule has 1 aliphatic rings. The summed E-state index contributed by atoms with van der Waals surface area (Å²) in [6.45, 7) is 7.32. The van der Waals surface area contributed by atoms with Crippen LogP contribution in [0.5, 0.6) is 5.88 Å². The summed E-state index contributed by atoms with van der Waals surface area (Å²) >= 11 is -1.36. The van der Waals surface area contributed by atoms with Crippen molar-refractivity contribution < 1.29 is 23.3 Å². The molecule has 1 fully saturated rings. The Bertz CT molecular complexity index is 1520. The average molecular weight is 589 g/mol. The van der Waals surface area contributed by atoms with Gasteiger partial charge >= 0.3 is 0 Å². The van der Waals surface area contributed by atoms with Crippen molar-refractivity contribution in [3.8, 4) is 23.2 Å². The number of nitrogens with zero attached hydrogens (tertiary/aromatic N) is 3. The molecule has 42 heavy (non-hydrogen) atoms. The van der Waals surface area contributed by atoms with Gasteiger partial charge in [-0.2, -0.15) is 5.26 Å². The zero-order valence-electron chi connectivity index (χ0n) is 24.2. The Labute approximate surface area is 249 Å². The highest BCUT2D eigenvalue weighted by Gasteiger charge is 2.32. The van der Waals surface area contributed by atoms with Gasteiger partial charge in [-0.15, -0.1) is 4.72 Å². The Morgan fingerprint density at radius 2 is 1.98 bits per heavy atom. The number of hydrogen-bond donors (Lipinski definition) is 1. The first-order valence-electron chi connectivity index (χ1n) is 14.2. The third-order valence-corrected chi connectivity index (χ3v) is 8.58. The monoisotopic (exact) mass is 588 g/mol. The molecule has 0 spiro atoms. The number of benzene rings is 2. The zero-order valence-corrected chi connectivity index (χ0v) is 25.0. The van der Waals surface area contributed by atoms with Crippen molar-refractivity contribution in [2.45, 2.75) is 63.5 Å². The van der Waals surface area contributed by atoms with E-state index in [1.54, 1.807) is 12.1 Å². The summed E-state index contributed by atoms with van der Waals surface area (Å²) in [5, 5.41) is 14.4. The Morgan fingerprint density at radius 1 is 1.12 bits per heavy atom. The van der Waals surface area contributed by atoms with Crippen molar-refractivity contribution >= 4 is 22.3 Å². The summed E-state index contributed by atoms with van der Waals surface area (Å²) in [5.41, 5.74) is 4.23. The number of pyridine rings is 1. The highest BCUT2D eigenvalue weighted by molar-refractivity contribution is 7.90. The molecule has 4 aromatic rings. The van der Waals surface area contributed by atoms with Crippen LogP contribution in [-0.4, -0.2) is 45.6 Å². The van der Waals surface area contributed by atoms with Crippen molar-refractivity contribution in [3.63, 3.8) is 0 Å². The molecule has 9 nitrogen and oxygen atoms in total. The van der Waals surface area contributed by atoms with E-state index in [4.69, 9.17) is 23.7 Å². The normalized spacial score (nSPS) is 17.1. The van der Waals surface area contributed by atoms with Crippen LogP contribution >= 0.6 is 0 Å². The van der Waals surface area contributed by atoms with Crippen LogP contribution in [0.15, 0.2) is 65.2 Å². The molecule has 2 aromatic heterocycles. The van der Waals surface area contributed by atoms with Crippen LogP contribution in [0.3, 0.4) is 0 Å². The first-order valence-corrected chi connectivity index (χ1v) is 15.4. The van der Waals surface area contributed by atoms with Crippen molar-refractivity contribution in [2.75, 3.05) is 19.8 Å². The van der Waals surface area contributed by atoms with Crippen LogP contribution in [-0.2, 0) is 27.3 Å². The molecule has 2 aromatic carbocycles. The maximum absolute atomic E-state index is 13.4. The van der Waals surface area contributed by atoms with Gasteiger partial charge in [0, 0.05) is 53.2 Å². The predicted octanol–water partition coefficient (Wildman–Crippen LogP) is 6.02. The molecule has 3 heterocycles. The maximum Gasteiger partial charge on any atom is 0.213 e. The van der Waals surface area contributed by atoms with E-state index in [-0.39, 0.29) is 12.3 Å². The number of nitriles is 1. The Kier molecular flexibility index (Phi) is 9.77. The first-order chi connectivity index (χ1) is 20.3. The van der Waals surface area contributed by atoms with Gasteiger partial charge < -0.3 is 23.3 Å². The van der Waals surface area contributed by atoms with Gasteiger partial charge in [-0.1, -0.05) is 35.5 Å². The Hall–Kier alpha value is -3.46. The number of aromatic nitrogens is 2. The van der Waals surface area contributed by atoms with E-state index in [1.165, 1.54) is 0 Å². The van der Waals surface area contributed by atoms with Crippen LogP contribution in [0.25, 0.3) is 22.2 Å². The Morgan fingerprint density at radius 3 is 2.76 bits per heavy atom. The van der Waals surface area contributed by atoms with Gasteiger partial charge in [0.25, 0.3) is 0 Å². The van der Waals surface area contributed by atoms with Crippen LogP contribution in [0.1, 0.15) is 62.9 Å². The number of hydrogen-bond acceptors (Lipinski definition) is 9. The summed E-state index contributed by atoms with van der Waals surface area (Å²) in [7, 11) is 0. The number of fused-ring (bicyclic) bond motifs is 1. The number of rotatable bonds is 11. The minimum Gasteiger partial charge on any atom is -0.598 e. The summed E-state index contributed by atoms with van der Waals surface area (Å²) in [4.78, 5) is 4.74.